The Labute approximate surface area is 126 Å². The van der Waals surface area contributed by atoms with E-state index in [4.69, 9.17) is 9.47 Å². The normalized spacial score (nSPS) is 20.9. The number of benzene rings is 1. The first-order valence-corrected chi connectivity index (χ1v) is 7.87. The van der Waals surface area contributed by atoms with Crippen LogP contribution < -0.4 is 14.8 Å². The second-order valence-electron chi connectivity index (χ2n) is 6.41. The Balaban J connectivity index is 1.33. The van der Waals surface area contributed by atoms with Gasteiger partial charge < -0.3 is 19.9 Å². The van der Waals surface area contributed by atoms with Crippen molar-refractivity contribution in [2.75, 3.05) is 26.8 Å². The highest BCUT2D eigenvalue weighted by atomic mass is 16.5. The molecule has 2 aliphatic rings. The Bertz CT molecular complexity index is 452. The first-order valence-electron chi connectivity index (χ1n) is 7.87. The van der Waals surface area contributed by atoms with Crippen LogP contribution in [0.25, 0.3) is 0 Å². The molecule has 0 spiro atoms. The number of aliphatic hydroxyl groups excluding tert-OH is 1. The fourth-order valence-corrected chi connectivity index (χ4v) is 3.00. The lowest BCUT2D eigenvalue weighted by molar-refractivity contribution is 0.104. The predicted molar refractivity (Wildman–Crippen MR) is 81.8 cm³/mol. The van der Waals surface area contributed by atoms with Gasteiger partial charge in [0, 0.05) is 13.1 Å². The van der Waals surface area contributed by atoms with Crippen LogP contribution in [-0.4, -0.2) is 38.0 Å². The van der Waals surface area contributed by atoms with E-state index < -0.39 is 6.10 Å². The molecule has 0 aliphatic heterocycles. The molecule has 2 fully saturated rings. The summed E-state index contributed by atoms with van der Waals surface area (Å²) in [4.78, 5) is 0. The van der Waals surface area contributed by atoms with Crippen LogP contribution >= 0.6 is 0 Å². The Hall–Kier alpha value is -1.26. The minimum Gasteiger partial charge on any atom is -0.497 e. The number of ether oxygens (including phenoxy) is 2. The van der Waals surface area contributed by atoms with Crippen LogP contribution in [0.4, 0.5) is 0 Å². The standard InChI is InChI=1S/C17H25NO3/c1-20-15-4-6-16(7-5-15)21-11-14(19)10-18-12-17(8-9-17)13-2-3-13/h4-7,13-14,18-19H,2-3,8-12H2,1H3. The van der Waals surface area contributed by atoms with Crippen LogP contribution in [0.15, 0.2) is 24.3 Å². The minimum absolute atomic E-state index is 0.315. The maximum Gasteiger partial charge on any atom is 0.119 e. The predicted octanol–water partition coefficient (Wildman–Crippen LogP) is 2.21. The van der Waals surface area contributed by atoms with Crippen molar-refractivity contribution in [1.29, 1.82) is 0 Å². The summed E-state index contributed by atoms with van der Waals surface area (Å²) in [7, 11) is 1.64. The fraction of sp³-hybridized carbons (Fsp3) is 0.647. The van der Waals surface area contributed by atoms with Crippen LogP contribution in [0.3, 0.4) is 0 Å². The molecular weight excluding hydrogens is 266 g/mol. The van der Waals surface area contributed by atoms with Crippen LogP contribution in [-0.2, 0) is 0 Å². The zero-order valence-electron chi connectivity index (χ0n) is 12.7. The SMILES string of the molecule is COc1ccc(OCC(O)CNCC2(C3CC3)CC2)cc1. The smallest absolute Gasteiger partial charge is 0.119 e. The van der Waals surface area contributed by atoms with Gasteiger partial charge in [-0.05, 0) is 61.3 Å². The molecule has 2 N–H and O–H groups in total. The van der Waals surface area contributed by atoms with Gasteiger partial charge >= 0.3 is 0 Å². The molecule has 1 atom stereocenters. The number of rotatable bonds is 9. The highest BCUT2D eigenvalue weighted by molar-refractivity contribution is 5.31. The molecule has 4 heteroatoms. The lowest BCUT2D eigenvalue weighted by Crippen LogP contribution is -2.35. The number of hydrogen-bond acceptors (Lipinski definition) is 4. The molecule has 3 rings (SSSR count). The highest BCUT2D eigenvalue weighted by Gasteiger charge is 2.53. The second kappa shape index (κ2) is 6.24. The van der Waals surface area contributed by atoms with Crippen molar-refractivity contribution in [2.45, 2.75) is 31.8 Å². The monoisotopic (exact) mass is 291 g/mol. The molecule has 0 heterocycles. The number of hydrogen-bond donors (Lipinski definition) is 2. The lowest BCUT2D eigenvalue weighted by atomic mass is 10.0. The zero-order chi connectivity index (χ0) is 14.7. The number of aliphatic hydroxyl groups is 1. The van der Waals surface area contributed by atoms with E-state index in [9.17, 15) is 5.11 Å². The molecule has 4 nitrogen and oxygen atoms in total. The molecule has 21 heavy (non-hydrogen) atoms. The van der Waals surface area contributed by atoms with Gasteiger partial charge in [0.05, 0.1) is 7.11 Å². The van der Waals surface area contributed by atoms with E-state index in [0.717, 1.165) is 24.0 Å². The molecule has 0 bridgehead atoms. The lowest BCUT2D eigenvalue weighted by Gasteiger charge is -2.17. The molecule has 2 aliphatic carbocycles. The van der Waals surface area contributed by atoms with Crippen molar-refractivity contribution in [3.8, 4) is 11.5 Å². The van der Waals surface area contributed by atoms with Gasteiger partial charge in [0.2, 0.25) is 0 Å². The maximum atomic E-state index is 9.97. The van der Waals surface area contributed by atoms with Crippen molar-refractivity contribution in [3.05, 3.63) is 24.3 Å². The minimum atomic E-state index is -0.470. The van der Waals surface area contributed by atoms with Gasteiger partial charge in [0.15, 0.2) is 0 Å². The van der Waals surface area contributed by atoms with Gasteiger partial charge in [-0.25, -0.2) is 0 Å². The van der Waals surface area contributed by atoms with Crippen molar-refractivity contribution in [1.82, 2.24) is 5.32 Å². The molecule has 1 aromatic rings. The Morgan fingerprint density at radius 2 is 1.90 bits per heavy atom. The molecule has 2 saturated carbocycles. The summed E-state index contributed by atoms with van der Waals surface area (Å²) < 4.78 is 10.7. The molecule has 1 unspecified atom stereocenters. The largest absolute Gasteiger partial charge is 0.497 e. The summed E-state index contributed by atoms with van der Waals surface area (Å²) >= 11 is 0. The second-order valence-corrected chi connectivity index (χ2v) is 6.41. The van der Waals surface area contributed by atoms with Gasteiger partial charge in [-0.1, -0.05) is 0 Å². The third kappa shape index (κ3) is 3.89. The molecule has 116 valence electrons. The third-order valence-electron chi connectivity index (χ3n) is 4.69. The molecule has 0 radical (unpaired) electrons. The van der Waals surface area contributed by atoms with Crippen molar-refractivity contribution < 1.29 is 14.6 Å². The number of nitrogens with one attached hydrogen (secondary N) is 1. The Morgan fingerprint density at radius 3 is 2.48 bits per heavy atom. The van der Waals surface area contributed by atoms with Crippen LogP contribution in [0, 0.1) is 11.3 Å². The third-order valence-corrected chi connectivity index (χ3v) is 4.69. The fourth-order valence-electron chi connectivity index (χ4n) is 3.00. The van der Waals surface area contributed by atoms with Crippen LogP contribution in [0.2, 0.25) is 0 Å². The first-order chi connectivity index (χ1) is 10.2. The number of methoxy groups -OCH3 is 1. The average Bonchev–Trinajstić information content (AvgIpc) is 3.38. The van der Waals surface area contributed by atoms with E-state index in [2.05, 4.69) is 5.32 Å². The van der Waals surface area contributed by atoms with Gasteiger partial charge in [-0.15, -0.1) is 0 Å². The quantitative estimate of drug-likeness (QED) is 0.732. The van der Waals surface area contributed by atoms with Crippen LogP contribution in [0.1, 0.15) is 25.7 Å². The maximum absolute atomic E-state index is 9.97. The topological polar surface area (TPSA) is 50.7 Å². The van der Waals surface area contributed by atoms with Gasteiger partial charge in [-0.3, -0.25) is 0 Å². The summed E-state index contributed by atoms with van der Waals surface area (Å²) in [6, 6.07) is 7.41. The molecule has 0 amide bonds. The first kappa shape index (κ1) is 14.7. The summed E-state index contributed by atoms with van der Waals surface area (Å²) in [6.45, 7) is 1.97. The zero-order valence-corrected chi connectivity index (χ0v) is 12.7. The highest BCUT2D eigenvalue weighted by Crippen LogP contribution is 2.60. The summed E-state index contributed by atoms with van der Waals surface area (Å²) in [5, 5.41) is 13.4. The van der Waals surface area contributed by atoms with Crippen LogP contribution in [0.5, 0.6) is 11.5 Å². The Kier molecular flexibility index (Phi) is 4.36. The van der Waals surface area contributed by atoms with Gasteiger partial charge in [0.25, 0.3) is 0 Å². The van der Waals surface area contributed by atoms with Crippen molar-refractivity contribution in [2.24, 2.45) is 11.3 Å². The van der Waals surface area contributed by atoms with E-state index in [-0.39, 0.29) is 0 Å². The van der Waals surface area contributed by atoms with Gasteiger partial charge in [-0.2, -0.15) is 0 Å². The Morgan fingerprint density at radius 1 is 1.24 bits per heavy atom. The summed E-state index contributed by atoms with van der Waals surface area (Å²) in [5.41, 5.74) is 0.580. The molecule has 1 aromatic carbocycles. The van der Waals surface area contributed by atoms with E-state index in [1.807, 2.05) is 24.3 Å². The van der Waals surface area contributed by atoms with E-state index in [0.29, 0.717) is 18.6 Å². The van der Waals surface area contributed by atoms with Crippen molar-refractivity contribution >= 4 is 0 Å². The van der Waals surface area contributed by atoms with Crippen molar-refractivity contribution in [3.63, 3.8) is 0 Å². The molecule has 0 aromatic heterocycles. The van der Waals surface area contributed by atoms with Gasteiger partial charge in [0.1, 0.15) is 24.2 Å². The van der Waals surface area contributed by atoms with E-state index in [1.165, 1.54) is 25.7 Å². The summed E-state index contributed by atoms with van der Waals surface area (Å²) in [6.07, 6.45) is 5.07. The average molecular weight is 291 g/mol. The van der Waals surface area contributed by atoms with E-state index in [1.54, 1.807) is 7.11 Å². The molecular formula is C17H25NO3. The van der Waals surface area contributed by atoms with E-state index >= 15 is 0 Å². The summed E-state index contributed by atoms with van der Waals surface area (Å²) in [5.74, 6) is 2.52. The molecule has 0 saturated heterocycles.